The molecule has 0 atom stereocenters. The molecular formula is C27H23BrClNO3. The minimum absolute atomic E-state index is 0.334. The summed E-state index contributed by atoms with van der Waals surface area (Å²) >= 11 is 9.90. The van der Waals surface area contributed by atoms with Gasteiger partial charge < -0.3 is 14.0 Å². The average molecular weight is 525 g/mol. The molecule has 0 radical (unpaired) electrons. The molecule has 1 heterocycles. The van der Waals surface area contributed by atoms with Crippen molar-refractivity contribution in [3.63, 3.8) is 0 Å². The second-order valence-electron chi connectivity index (χ2n) is 7.49. The van der Waals surface area contributed by atoms with Crippen LogP contribution in [-0.2, 0) is 11.3 Å². The summed E-state index contributed by atoms with van der Waals surface area (Å²) in [4.78, 5) is 12.3. The molecule has 0 saturated heterocycles. The quantitative estimate of drug-likeness (QED) is 0.233. The van der Waals surface area contributed by atoms with E-state index in [0.29, 0.717) is 23.8 Å². The van der Waals surface area contributed by atoms with Crippen LogP contribution >= 0.6 is 27.5 Å². The Bertz CT molecular complexity index is 1300. The Balaban J connectivity index is 1.74. The Morgan fingerprint density at radius 1 is 1.00 bits per heavy atom. The Morgan fingerprint density at radius 2 is 1.82 bits per heavy atom. The monoisotopic (exact) mass is 523 g/mol. The van der Waals surface area contributed by atoms with Crippen molar-refractivity contribution in [2.75, 3.05) is 6.61 Å². The van der Waals surface area contributed by atoms with Crippen molar-refractivity contribution in [1.29, 1.82) is 0 Å². The summed E-state index contributed by atoms with van der Waals surface area (Å²) in [6.45, 7) is 4.52. The van der Waals surface area contributed by atoms with Crippen LogP contribution < -0.4 is 4.74 Å². The number of carbonyl (C=O) groups excluding carboxylic acids is 1. The zero-order valence-electron chi connectivity index (χ0n) is 18.3. The summed E-state index contributed by atoms with van der Waals surface area (Å²) in [5.41, 5.74) is 5.20. The molecule has 0 aliphatic carbocycles. The molecule has 0 bridgehead atoms. The second kappa shape index (κ2) is 10.3. The molecule has 3 aromatic carbocycles. The Hall–Kier alpha value is -3.02. The zero-order chi connectivity index (χ0) is 23.4. The maximum atomic E-state index is 12.3. The van der Waals surface area contributed by atoms with Gasteiger partial charge >= 0.3 is 5.97 Å². The molecule has 0 fully saturated rings. The topological polar surface area (TPSA) is 40.5 Å². The van der Waals surface area contributed by atoms with E-state index in [1.165, 1.54) is 0 Å². The molecule has 4 aromatic rings. The van der Waals surface area contributed by atoms with Crippen molar-refractivity contribution >= 4 is 33.5 Å². The Morgan fingerprint density at radius 3 is 2.61 bits per heavy atom. The molecule has 0 unspecified atom stereocenters. The van der Waals surface area contributed by atoms with Crippen molar-refractivity contribution in [3.05, 3.63) is 105 Å². The molecule has 0 aliphatic heterocycles. The van der Waals surface area contributed by atoms with Gasteiger partial charge in [0.05, 0.1) is 17.9 Å². The lowest BCUT2D eigenvalue weighted by Gasteiger charge is -2.17. The highest BCUT2D eigenvalue weighted by molar-refractivity contribution is 9.10. The minimum atomic E-state index is -0.336. The van der Waals surface area contributed by atoms with Gasteiger partial charge in [-0.2, -0.15) is 0 Å². The van der Waals surface area contributed by atoms with E-state index in [-0.39, 0.29) is 5.97 Å². The van der Waals surface area contributed by atoms with Crippen LogP contribution in [0, 0.1) is 6.92 Å². The van der Waals surface area contributed by atoms with Crippen LogP contribution in [0.5, 0.6) is 5.75 Å². The lowest BCUT2D eigenvalue weighted by molar-refractivity contribution is 0.0526. The smallest absolute Gasteiger partial charge is 0.338 e. The SMILES string of the molecule is CCOC(=O)c1cccc(-n2c(C)ccc2-c2cc(Br)ccc2OCc2ccccc2Cl)c1. The first-order chi connectivity index (χ1) is 16.0. The van der Waals surface area contributed by atoms with E-state index in [0.717, 1.165) is 38.4 Å². The Labute approximate surface area is 206 Å². The molecule has 0 amide bonds. The van der Waals surface area contributed by atoms with E-state index in [1.807, 2.05) is 73.7 Å². The van der Waals surface area contributed by atoms with Crippen LogP contribution in [0.15, 0.2) is 83.3 Å². The van der Waals surface area contributed by atoms with Crippen molar-refractivity contribution in [3.8, 4) is 22.7 Å². The number of ether oxygens (including phenoxy) is 2. The summed E-state index contributed by atoms with van der Waals surface area (Å²) in [5, 5.41) is 0.672. The van der Waals surface area contributed by atoms with Gasteiger partial charge in [-0.1, -0.05) is 51.8 Å². The van der Waals surface area contributed by atoms with Gasteiger partial charge in [-0.3, -0.25) is 0 Å². The predicted molar refractivity (Wildman–Crippen MR) is 135 cm³/mol. The average Bonchev–Trinajstić information content (AvgIpc) is 3.20. The highest BCUT2D eigenvalue weighted by atomic mass is 79.9. The molecule has 1 aromatic heterocycles. The van der Waals surface area contributed by atoms with Gasteiger partial charge in [-0.15, -0.1) is 0 Å². The molecule has 168 valence electrons. The fourth-order valence-electron chi connectivity index (χ4n) is 3.68. The Kier molecular flexibility index (Phi) is 7.21. The third kappa shape index (κ3) is 5.15. The maximum absolute atomic E-state index is 12.3. The number of carbonyl (C=O) groups is 1. The summed E-state index contributed by atoms with van der Waals surface area (Å²) in [6, 6.07) is 25.1. The second-order valence-corrected chi connectivity index (χ2v) is 8.81. The summed E-state index contributed by atoms with van der Waals surface area (Å²) in [7, 11) is 0. The van der Waals surface area contributed by atoms with Gasteiger partial charge in [-0.05, 0) is 68.4 Å². The molecule has 33 heavy (non-hydrogen) atoms. The third-order valence-electron chi connectivity index (χ3n) is 5.25. The van der Waals surface area contributed by atoms with Crippen molar-refractivity contribution in [1.82, 2.24) is 4.57 Å². The lowest BCUT2D eigenvalue weighted by Crippen LogP contribution is -2.07. The van der Waals surface area contributed by atoms with Crippen LogP contribution in [0.2, 0.25) is 5.02 Å². The van der Waals surface area contributed by atoms with Crippen LogP contribution in [0.1, 0.15) is 28.5 Å². The molecule has 0 spiro atoms. The number of aryl methyl sites for hydroxylation is 1. The summed E-state index contributed by atoms with van der Waals surface area (Å²) in [6.07, 6.45) is 0. The standard InChI is InChI=1S/C27H23BrClNO3/c1-3-32-27(31)19-8-6-9-22(15-19)30-18(2)11-13-25(30)23-16-21(28)12-14-26(23)33-17-20-7-4-5-10-24(20)29/h4-16H,3,17H2,1-2H3. The molecule has 4 rings (SSSR count). The predicted octanol–water partition coefficient (Wildman–Crippen LogP) is 7.62. The third-order valence-corrected chi connectivity index (χ3v) is 6.11. The van der Waals surface area contributed by atoms with E-state index >= 15 is 0 Å². The number of benzene rings is 3. The van der Waals surface area contributed by atoms with Gasteiger partial charge in [0.1, 0.15) is 12.4 Å². The normalized spacial score (nSPS) is 10.8. The number of halogens is 2. The van der Waals surface area contributed by atoms with E-state index in [9.17, 15) is 4.79 Å². The van der Waals surface area contributed by atoms with Gasteiger partial charge in [0.2, 0.25) is 0 Å². The number of esters is 1. The first-order valence-corrected chi connectivity index (χ1v) is 11.8. The highest BCUT2D eigenvalue weighted by Gasteiger charge is 2.16. The molecular weight excluding hydrogens is 502 g/mol. The largest absolute Gasteiger partial charge is 0.488 e. The number of nitrogens with zero attached hydrogens (tertiary/aromatic N) is 1. The van der Waals surface area contributed by atoms with Gasteiger partial charge in [0.15, 0.2) is 0 Å². The van der Waals surface area contributed by atoms with Crippen LogP contribution in [0.3, 0.4) is 0 Å². The van der Waals surface area contributed by atoms with Crippen LogP contribution in [0.25, 0.3) is 16.9 Å². The summed E-state index contributed by atoms with van der Waals surface area (Å²) in [5.74, 6) is 0.399. The van der Waals surface area contributed by atoms with E-state index in [4.69, 9.17) is 21.1 Å². The van der Waals surface area contributed by atoms with Crippen LogP contribution in [0.4, 0.5) is 0 Å². The van der Waals surface area contributed by atoms with Gasteiger partial charge in [-0.25, -0.2) is 4.79 Å². The molecule has 0 saturated carbocycles. The van der Waals surface area contributed by atoms with Crippen molar-refractivity contribution in [2.24, 2.45) is 0 Å². The first-order valence-electron chi connectivity index (χ1n) is 10.6. The fraction of sp³-hybridized carbons (Fsp3) is 0.148. The minimum Gasteiger partial charge on any atom is -0.488 e. The number of rotatable bonds is 7. The van der Waals surface area contributed by atoms with Gasteiger partial charge in [0.25, 0.3) is 0 Å². The van der Waals surface area contributed by atoms with E-state index < -0.39 is 0 Å². The maximum Gasteiger partial charge on any atom is 0.338 e. The lowest BCUT2D eigenvalue weighted by atomic mass is 10.1. The highest BCUT2D eigenvalue weighted by Crippen LogP contribution is 2.36. The van der Waals surface area contributed by atoms with E-state index in [1.54, 1.807) is 13.0 Å². The van der Waals surface area contributed by atoms with Crippen molar-refractivity contribution < 1.29 is 14.3 Å². The van der Waals surface area contributed by atoms with Gasteiger partial charge in [0, 0.05) is 32.0 Å². The number of aromatic nitrogens is 1. The molecule has 0 N–H and O–H groups in total. The number of hydrogen-bond acceptors (Lipinski definition) is 3. The van der Waals surface area contributed by atoms with Crippen molar-refractivity contribution in [2.45, 2.75) is 20.5 Å². The first kappa shape index (κ1) is 23.1. The zero-order valence-corrected chi connectivity index (χ0v) is 20.7. The molecule has 6 heteroatoms. The van der Waals surface area contributed by atoms with E-state index in [2.05, 4.69) is 26.6 Å². The molecule has 0 aliphatic rings. The molecule has 4 nitrogen and oxygen atoms in total. The number of hydrogen-bond donors (Lipinski definition) is 0. The summed E-state index contributed by atoms with van der Waals surface area (Å²) < 4.78 is 14.4. The van der Waals surface area contributed by atoms with Crippen LogP contribution in [-0.4, -0.2) is 17.1 Å². The fourth-order valence-corrected chi connectivity index (χ4v) is 4.23.